The summed E-state index contributed by atoms with van der Waals surface area (Å²) >= 11 is 0. The van der Waals surface area contributed by atoms with Gasteiger partial charge in [0.15, 0.2) is 0 Å². The van der Waals surface area contributed by atoms with Crippen LogP contribution in [0.25, 0.3) is 0 Å². The number of hydrogen-bond acceptors (Lipinski definition) is 4. The molecule has 2 aliphatic rings. The third-order valence-electron chi connectivity index (χ3n) is 4.33. The molecule has 0 atom stereocenters. The second kappa shape index (κ2) is 6.58. The lowest BCUT2D eigenvalue weighted by Crippen LogP contribution is -2.40. The summed E-state index contributed by atoms with van der Waals surface area (Å²) in [7, 11) is 2.10. The molecule has 0 saturated carbocycles. The lowest BCUT2D eigenvalue weighted by Gasteiger charge is -2.28. The van der Waals surface area contributed by atoms with E-state index in [9.17, 15) is 4.79 Å². The van der Waals surface area contributed by atoms with Gasteiger partial charge in [-0.05, 0) is 26.0 Å². The monoisotopic (exact) mass is 291 g/mol. The van der Waals surface area contributed by atoms with E-state index in [1.165, 1.54) is 5.69 Å². The molecule has 1 aromatic rings. The van der Waals surface area contributed by atoms with Crippen molar-refractivity contribution < 1.29 is 4.79 Å². The minimum Gasteiger partial charge on any atom is -0.341 e. The van der Waals surface area contributed by atoms with Crippen molar-refractivity contribution in [2.24, 2.45) is 0 Å². The molecule has 21 heavy (non-hydrogen) atoms. The molecule has 3 rings (SSSR count). The molecule has 1 amide bonds. The van der Waals surface area contributed by atoms with Gasteiger partial charge >= 0.3 is 0 Å². The van der Waals surface area contributed by atoms with Gasteiger partial charge in [-0.1, -0.05) is 0 Å². The fraction of sp³-hybridized carbons (Fsp3) is 0.733. The van der Waals surface area contributed by atoms with E-state index in [0.717, 1.165) is 70.8 Å². The van der Waals surface area contributed by atoms with Gasteiger partial charge in [-0.3, -0.25) is 14.4 Å². The van der Waals surface area contributed by atoms with Gasteiger partial charge in [0.1, 0.15) is 0 Å². The van der Waals surface area contributed by atoms with E-state index in [1.807, 2.05) is 4.90 Å². The lowest BCUT2D eigenvalue weighted by atomic mass is 10.1. The molecule has 1 N–H and O–H groups in total. The molecule has 0 radical (unpaired) electrons. The first-order chi connectivity index (χ1) is 10.2. The van der Waals surface area contributed by atoms with Crippen LogP contribution < -0.4 is 5.32 Å². The Labute approximate surface area is 126 Å². The predicted octanol–water partition coefficient (Wildman–Crippen LogP) is 0.431. The molecule has 6 nitrogen and oxygen atoms in total. The maximum absolute atomic E-state index is 11.8. The quantitative estimate of drug-likeness (QED) is 0.855. The number of fused-ring (bicyclic) bond motifs is 1. The van der Waals surface area contributed by atoms with Crippen molar-refractivity contribution in [1.82, 2.24) is 24.9 Å². The number of likely N-dealkylation sites (N-methyl/N-ethyl adjacent to an activating group) is 1. The number of likely N-dealkylation sites (tertiary alicyclic amines) is 1. The van der Waals surface area contributed by atoms with Crippen LogP contribution in [-0.2, 0) is 24.4 Å². The van der Waals surface area contributed by atoms with Gasteiger partial charge < -0.3 is 10.2 Å². The molecule has 0 unspecified atom stereocenters. The summed E-state index contributed by atoms with van der Waals surface area (Å²) in [5.74, 6) is 0.318. The van der Waals surface area contributed by atoms with E-state index in [0.29, 0.717) is 5.91 Å². The van der Waals surface area contributed by atoms with Crippen molar-refractivity contribution in [2.45, 2.75) is 38.9 Å². The number of amides is 1. The number of nitrogens with one attached hydrogen (secondary N) is 1. The van der Waals surface area contributed by atoms with Crippen molar-refractivity contribution >= 4 is 5.91 Å². The molecule has 1 aromatic heterocycles. The van der Waals surface area contributed by atoms with Crippen LogP contribution >= 0.6 is 0 Å². The molecular formula is C15H25N5O. The average molecular weight is 291 g/mol. The number of piperidine rings is 1. The first kappa shape index (κ1) is 14.5. The summed E-state index contributed by atoms with van der Waals surface area (Å²) in [6.07, 6.45) is 2.93. The van der Waals surface area contributed by atoms with Crippen LogP contribution in [0.3, 0.4) is 0 Å². The zero-order chi connectivity index (χ0) is 14.7. The van der Waals surface area contributed by atoms with E-state index in [2.05, 4.69) is 33.1 Å². The maximum atomic E-state index is 11.8. The fourth-order valence-corrected chi connectivity index (χ4v) is 3.07. The van der Waals surface area contributed by atoms with E-state index < -0.39 is 0 Å². The molecule has 0 aromatic carbocycles. The zero-order valence-corrected chi connectivity index (χ0v) is 12.8. The minimum atomic E-state index is 0.318. The fourth-order valence-electron chi connectivity index (χ4n) is 3.07. The van der Waals surface area contributed by atoms with E-state index in [1.54, 1.807) is 0 Å². The molecule has 1 fully saturated rings. The molecular weight excluding hydrogens is 266 g/mol. The summed E-state index contributed by atoms with van der Waals surface area (Å²) in [6.45, 7) is 6.40. The highest BCUT2D eigenvalue weighted by atomic mass is 16.2. The first-order valence-corrected chi connectivity index (χ1v) is 7.95. The van der Waals surface area contributed by atoms with Crippen LogP contribution in [0.4, 0.5) is 0 Å². The summed E-state index contributed by atoms with van der Waals surface area (Å²) in [4.78, 5) is 16.0. The molecule has 1 saturated heterocycles. The topological polar surface area (TPSA) is 53.4 Å². The lowest BCUT2D eigenvalue weighted by molar-refractivity contribution is -0.133. The molecule has 0 spiro atoms. The smallest absolute Gasteiger partial charge is 0.222 e. The Balaban J connectivity index is 1.48. The third-order valence-corrected chi connectivity index (χ3v) is 4.33. The Bertz CT molecular complexity index is 475. The molecule has 3 heterocycles. The van der Waals surface area contributed by atoms with Gasteiger partial charge in [-0.15, -0.1) is 0 Å². The van der Waals surface area contributed by atoms with Crippen LogP contribution in [-0.4, -0.2) is 58.7 Å². The average Bonchev–Trinajstić information content (AvgIpc) is 2.88. The highest BCUT2D eigenvalue weighted by Crippen LogP contribution is 2.11. The second-order valence-electron chi connectivity index (χ2n) is 6.10. The second-order valence-corrected chi connectivity index (χ2v) is 6.10. The zero-order valence-electron chi connectivity index (χ0n) is 12.8. The Morgan fingerprint density at radius 3 is 3.10 bits per heavy atom. The highest BCUT2D eigenvalue weighted by Gasteiger charge is 2.18. The maximum Gasteiger partial charge on any atom is 0.222 e. The summed E-state index contributed by atoms with van der Waals surface area (Å²) < 4.78 is 2.10. The van der Waals surface area contributed by atoms with E-state index in [-0.39, 0.29) is 0 Å². The van der Waals surface area contributed by atoms with Crippen LogP contribution in [0.15, 0.2) is 6.07 Å². The van der Waals surface area contributed by atoms with Crippen molar-refractivity contribution in [2.75, 3.05) is 33.2 Å². The first-order valence-electron chi connectivity index (χ1n) is 7.95. The highest BCUT2D eigenvalue weighted by molar-refractivity contribution is 5.76. The number of hydrogen-bond donors (Lipinski definition) is 1. The third kappa shape index (κ3) is 3.63. The standard InChI is InChI=1S/C15H25N5O/c1-18(8-9-19-6-3-2-4-15(19)21)12-13-10-14-11-16-5-7-20(14)17-13/h10,16H,2-9,11-12H2,1H3. The van der Waals surface area contributed by atoms with Gasteiger partial charge in [0.05, 0.1) is 17.9 Å². The van der Waals surface area contributed by atoms with Crippen LogP contribution in [0.5, 0.6) is 0 Å². The van der Waals surface area contributed by atoms with Crippen LogP contribution in [0, 0.1) is 0 Å². The van der Waals surface area contributed by atoms with Crippen molar-refractivity contribution in [3.8, 4) is 0 Å². The Morgan fingerprint density at radius 1 is 1.38 bits per heavy atom. The summed E-state index contributed by atoms with van der Waals surface area (Å²) in [5.41, 5.74) is 2.40. The van der Waals surface area contributed by atoms with Crippen LogP contribution in [0.1, 0.15) is 30.7 Å². The Morgan fingerprint density at radius 2 is 2.29 bits per heavy atom. The Hall–Kier alpha value is -1.40. The van der Waals surface area contributed by atoms with Crippen molar-refractivity contribution in [1.29, 1.82) is 0 Å². The molecule has 0 aliphatic carbocycles. The van der Waals surface area contributed by atoms with Gasteiger partial charge in [0.2, 0.25) is 5.91 Å². The van der Waals surface area contributed by atoms with Crippen molar-refractivity contribution in [3.05, 3.63) is 17.5 Å². The molecule has 2 aliphatic heterocycles. The van der Waals surface area contributed by atoms with Crippen LogP contribution in [0.2, 0.25) is 0 Å². The minimum absolute atomic E-state index is 0.318. The largest absolute Gasteiger partial charge is 0.341 e. The predicted molar refractivity (Wildman–Crippen MR) is 80.7 cm³/mol. The van der Waals surface area contributed by atoms with Gasteiger partial charge in [-0.2, -0.15) is 5.10 Å². The molecule has 6 heteroatoms. The number of nitrogens with zero attached hydrogens (tertiary/aromatic N) is 4. The number of carbonyl (C=O) groups excluding carboxylic acids is 1. The summed E-state index contributed by atoms with van der Waals surface area (Å²) in [6, 6.07) is 2.19. The Kier molecular flexibility index (Phi) is 4.55. The summed E-state index contributed by atoms with van der Waals surface area (Å²) in [5, 5.41) is 8.02. The number of aromatic nitrogens is 2. The molecule has 0 bridgehead atoms. The number of rotatable bonds is 5. The van der Waals surface area contributed by atoms with Crippen molar-refractivity contribution in [3.63, 3.8) is 0 Å². The molecule has 116 valence electrons. The van der Waals surface area contributed by atoms with Gasteiger partial charge in [0.25, 0.3) is 0 Å². The van der Waals surface area contributed by atoms with Gasteiger partial charge in [0, 0.05) is 45.7 Å². The van der Waals surface area contributed by atoms with E-state index >= 15 is 0 Å². The normalized spacial score (nSPS) is 19.1. The number of carbonyl (C=O) groups is 1. The van der Waals surface area contributed by atoms with E-state index in [4.69, 9.17) is 0 Å². The van der Waals surface area contributed by atoms with Gasteiger partial charge in [-0.25, -0.2) is 0 Å². The SMILES string of the molecule is CN(CCN1CCCCC1=O)Cc1cc2n(n1)CCNC2.